The molecule has 1 aliphatic carbocycles. The fourth-order valence-corrected chi connectivity index (χ4v) is 6.20. The molecule has 1 aromatic heterocycles. The number of allylic oxidation sites excluding steroid dienone is 1. The van der Waals surface area contributed by atoms with Gasteiger partial charge in [-0.05, 0) is 75.9 Å². The van der Waals surface area contributed by atoms with Crippen LogP contribution in [-0.2, 0) is 6.42 Å². The summed E-state index contributed by atoms with van der Waals surface area (Å²) in [5, 5.41) is 11.5. The lowest BCUT2D eigenvalue weighted by molar-refractivity contribution is -0.384. The van der Waals surface area contributed by atoms with E-state index in [1.165, 1.54) is 23.0 Å². The SMILES string of the molecule is O=c1/c(=C\c2ccc(I)cc2)sc2n1[C@H](c1cccc([N+](=O)[O-])c1)C1=C(N=2)c2ccccc2CC1. The van der Waals surface area contributed by atoms with Crippen LogP contribution in [0.1, 0.15) is 34.7 Å². The number of aryl methyl sites for hydroxylation is 1. The molecule has 0 amide bonds. The van der Waals surface area contributed by atoms with Crippen molar-refractivity contribution in [1.29, 1.82) is 0 Å². The smallest absolute Gasteiger partial charge is 0.271 e. The van der Waals surface area contributed by atoms with Gasteiger partial charge in [-0.15, -0.1) is 0 Å². The van der Waals surface area contributed by atoms with E-state index in [1.807, 2.05) is 48.5 Å². The number of nitro benzene ring substituents is 1. The van der Waals surface area contributed by atoms with Crippen molar-refractivity contribution in [3.63, 3.8) is 0 Å². The van der Waals surface area contributed by atoms with Crippen molar-refractivity contribution in [3.05, 3.63) is 134 Å². The Hall–Kier alpha value is -3.37. The molecule has 6 rings (SSSR count). The molecule has 0 N–H and O–H groups in total. The first kappa shape index (κ1) is 22.1. The molecule has 1 aliphatic heterocycles. The van der Waals surface area contributed by atoms with Crippen molar-refractivity contribution in [2.45, 2.75) is 18.9 Å². The number of nitrogens with zero attached hydrogens (tertiary/aromatic N) is 3. The number of aromatic nitrogens is 1. The average molecular weight is 591 g/mol. The Balaban J connectivity index is 1.63. The number of halogens is 1. The van der Waals surface area contributed by atoms with Gasteiger partial charge in [0.15, 0.2) is 4.80 Å². The first-order chi connectivity index (χ1) is 17.0. The highest BCUT2D eigenvalue weighted by Crippen LogP contribution is 2.41. The van der Waals surface area contributed by atoms with Crippen LogP contribution in [0.4, 0.5) is 5.69 Å². The van der Waals surface area contributed by atoms with Crippen molar-refractivity contribution in [2.75, 3.05) is 0 Å². The summed E-state index contributed by atoms with van der Waals surface area (Å²) in [5.74, 6) is 0. The number of benzene rings is 3. The van der Waals surface area contributed by atoms with Gasteiger partial charge in [0.2, 0.25) is 0 Å². The predicted octanol–water partition coefficient (Wildman–Crippen LogP) is 4.83. The Morgan fingerprint density at radius 1 is 1.06 bits per heavy atom. The minimum absolute atomic E-state index is 0.0128. The minimum Gasteiger partial charge on any atom is -0.272 e. The molecule has 8 heteroatoms. The Morgan fingerprint density at radius 2 is 1.86 bits per heavy atom. The molecule has 4 aromatic rings. The molecule has 0 saturated carbocycles. The summed E-state index contributed by atoms with van der Waals surface area (Å²) in [6.45, 7) is 0. The zero-order valence-corrected chi connectivity index (χ0v) is 21.3. The molecule has 0 bridgehead atoms. The molecule has 6 nitrogen and oxygen atoms in total. The molecule has 0 radical (unpaired) electrons. The Kier molecular flexibility index (Phi) is 5.49. The Labute approximate surface area is 217 Å². The highest BCUT2D eigenvalue weighted by Gasteiger charge is 2.33. The maximum Gasteiger partial charge on any atom is 0.271 e. The van der Waals surface area contributed by atoms with Crippen molar-refractivity contribution >= 4 is 51.4 Å². The maximum atomic E-state index is 13.7. The molecule has 172 valence electrons. The molecular weight excluding hydrogens is 573 g/mol. The van der Waals surface area contributed by atoms with Gasteiger partial charge in [0.25, 0.3) is 11.2 Å². The number of hydrogen-bond donors (Lipinski definition) is 0. The molecule has 1 atom stereocenters. The van der Waals surface area contributed by atoms with Gasteiger partial charge in [0.05, 0.1) is 21.2 Å². The third-order valence-electron chi connectivity index (χ3n) is 6.44. The first-order valence-electron chi connectivity index (χ1n) is 11.1. The van der Waals surface area contributed by atoms with Crippen LogP contribution in [0.15, 0.2) is 88.2 Å². The minimum atomic E-state index is -0.437. The zero-order chi connectivity index (χ0) is 24.1. The molecule has 2 aliphatic rings. The van der Waals surface area contributed by atoms with Gasteiger partial charge in [0, 0.05) is 21.3 Å². The standard InChI is InChI=1S/C27H18IN3O3S/c28-19-11-8-16(9-12-19)14-23-26(32)30-25(18-5-3-6-20(15-18)31(33)34)22-13-10-17-4-1-2-7-21(17)24(22)29-27(30)35-23/h1-9,11-12,14-15,25H,10,13H2/b23-14+/t25-/m1/s1. The van der Waals surface area contributed by atoms with E-state index in [1.54, 1.807) is 16.7 Å². The van der Waals surface area contributed by atoms with Crippen LogP contribution in [0.3, 0.4) is 0 Å². The summed E-state index contributed by atoms with van der Waals surface area (Å²) >= 11 is 3.61. The van der Waals surface area contributed by atoms with E-state index in [0.717, 1.165) is 44.4 Å². The fourth-order valence-electron chi connectivity index (χ4n) is 4.84. The monoisotopic (exact) mass is 591 g/mol. The lowest BCUT2D eigenvalue weighted by Crippen LogP contribution is -2.38. The molecule has 0 fully saturated rings. The van der Waals surface area contributed by atoms with Crippen molar-refractivity contribution < 1.29 is 4.92 Å². The second-order valence-corrected chi connectivity index (χ2v) is 10.8. The Morgan fingerprint density at radius 3 is 2.66 bits per heavy atom. The average Bonchev–Trinajstić information content (AvgIpc) is 3.18. The molecule has 0 unspecified atom stereocenters. The third kappa shape index (κ3) is 3.86. The number of nitro groups is 1. The van der Waals surface area contributed by atoms with Crippen molar-refractivity contribution in [2.24, 2.45) is 4.99 Å². The van der Waals surface area contributed by atoms with Crippen LogP contribution in [0.25, 0.3) is 11.8 Å². The van der Waals surface area contributed by atoms with E-state index >= 15 is 0 Å². The summed E-state index contributed by atoms with van der Waals surface area (Å²) in [5.41, 5.74) is 5.75. The molecular formula is C27H18IN3O3S. The van der Waals surface area contributed by atoms with Crippen LogP contribution in [-0.4, -0.2) is 9.49 Å². The van der Waals surface area contributed by atoms with Gasteiger partial charge < -0.3 is 0 Å². The van der Waals surface area contributed by atoms with Crippen molar-refractivity contribution in [1.82, 2.24) is 4.57 Å². The molecule has 3 aromatic carbocycles. The van der Waals surface area contributed by atoms with Crippen molar-refractivity contribution in [3.8, 4) is 0 Å². The second kappa shape index (κ2) is 8.69. The molecule has 2 heterocycles. The topological polar surface area (TPSA) is 77.5 Å². The highest BCUT2D eigenvalue weighted by molar-refractivity contribution is 14.1. The van der Waals surface area contributed by atoms with Crippen LogP contribution in [0.2, 0.25) is 0 Å². The van der Waals surface area contributed by atoms with Gasteiger partial charge in [-0.1, -0.05) is 59.9 Å². The van der Waals surface area contributed by atoms with Crippen LogP contribution in [0, 0.1) is 13.7 Å². The lowest BCUT2D eigenvalue weighted by atomic mass is 9.83. The van der Waals surface area contributed by atoms with E-state index < -0.39 is 11.0 Å². The fraction of sp³-hybridized carbons (Fsp3) is 0.111. The predicted molar refractivity (Wildman–Crippen MR) is 145 cm³/mol. The third-order valence-corrected chi connectivity index (χ3v) is 8.14. The first-order valence-corrected chi connectivity index (χ1v) is 13.0. The number of non-ortho nitro benzene ring substituents is 1. The van der Waals surface area contributed by atoms with E-state index in [9.17, 15) is 14.9 Å². The summed E-state index contributed by atoms with van der Waals surface area (Å²) in [7, 11) is 0. The lowest BCUT2D eigenvalue weighted by Gasteiger charge is -2.30. The van der Waals surface area contributed by atoms with Crippen LogP contribution >= 0.6 is 33.9 Å². The van der Waals surface area contributed by atoms with E-state index in [0.29, 0.717) is 9.33 Å². The normalized spacial score (nSPS) is 16.8. The number of rotatable bonds is 3. The van der Waals surface area contributed by atoms with E-state index in [4.69, 9.17) is 4.99 Å². The number of thiazole rings is 1. The van der Waals surface area contributed by atoms with E-state index in [2.05, 4.69) is 34.7 Å². The second-order valence-electron chi connectivity index (χ2n) is 8.52. The largest absolute Gasteiger partial charge is 0.272 e. The number of fused-ring (bicyclic) bond motifs is 3. The van der Waals surface area contributed by atoms with Gasteiger partial charge >= 0.3 is 0 Å². The van der Waals surface area contributed by atoms with Gasteiger partial charge in [-0.2, -0.15) is 0 Å². The summed E-state index contributed by atoms with van der Waals surface area (Å²) in [6, 6.07) is 22.4. The highest BCUT2D eigenvalue weighted by atomic mass is 127. The van der Waals surface area contributed by atoms with E-state index in [-0.39, 0.29) is 11.2 Å². The number of hydrogen-bond acceptors (Lipinski definition) is 5. The molecule has 0 saturated heterocycles. The summed E-state index contributed by atoms with van der Waals surface area (Å²) in [6.07, 6.45) is 3.47. The van der Waals surface area contributed by atoms with Crippen LogP contribution in [0.5, 0.6) is 0 Å². The van der Waals surface area contributed by atoms with Gasteiger partial charge in [0.1, 0.15) is 0 Å². The Bertz CT molecular complexity index is 1720. The maximum absolute atomic E-state index is 13.7. The summed E-state index contributed by atoms with van der Waals surface area (Å²) < 4.78 is 3.43. The quantitative estimate of drug-likeness (QED) is 0.195. The molecule has 0 spiro atoms. The van der Waals surface area contributed by atoms with Gasteiger partial charge in [-0.25, -0.2) is 4.99 Å². The zero-order valence-electron chi connectivity index (χ0n) is 18.3. The van der Waals surface area contributed by atoms with Crippen LogP contribution < -0.4 is 14.9 Å². The molecule has 35 heavy (non-hydrogen) atoms. The van der Waals surface area contributed by atoms with Gasteiger partial charge in [-0.3, -0.25) is 19.5 Å². The summed E-state index contributed by atoms with van der Waals surface area (Å²) in [4.78, 5) is 30.5.